The Morgan fingerprint density at radius 3 is 2.83 bits per heavy atom. The zero-order valence-electron chi connectivity index (χ0n) is 12.5. The van der Waals surface area contributed by atoms with E-state index in [1.807, 2.05) is 59.3 Å². The largest absolute Gasteiger partial charge is 0.493 e. The lowest BCUT2D eigenvalue weighted by Crippen LogP contribution is -1.95. The molecule has 0 saturated heterocycles. The summed E-state index contributed by atoms with van der Waals surface area (Å²) >= 11 is 1.52. The van der Waals surface area contributed by atoms with Crippen molar-refractivity contribution >= 4 is 33.4 Å². The van der Waals surface area contributed by atoms with Crippen LogP contribution in [0.15, 0.2) is 48.0 Å². The fourth-order valence-corrected chi connectivity index (χ4v) is 3.59. The monoisotopic (exact) mass is 322 g/mol. The molecule has 0 amide bonds. The Hall–Kier alpha value is -2.66. The van der Waals surface area contributed by atoms with Crippen LogP contribution in [0.1, 0.15) is 17.4 Å². The molecule has 4 nitrogen and oxygen atoms in total. The Balaban J connectivity index is 2.03. The number of nitrogens with zero attached hydrogens (tertiary/aromatic N) is 2. The molecule has 23 heavy (non-hydrogen) atoms. The summed E-state index contributed by atoms with van der Waals surface area (Å²) in [5.74, 6) is 0.848. The van der Waals surface area contributed by atoms with Gasteiger partial charge in [-0.15, -0.1) is 11.3 Å². The van der Waals surface area contributed by atoms with Crippen molar-refractivity contribution in [2.45, 2.75) is 6.92 Å². The number of imidazole rings is 1. The van der Waals surface area contributed by atoms with E-state index in [0.717, 1.165) is 33.3 Å². The average molecular weight is 322 g/mol. The number of ether oxygens (including phenoxy) is 1. The lowest BCUT2D eigenvalue weighted by atomic mass is 10.0. The van der Waals surface area contributed by atoms with E-state index in [-0.39, 0.29) is 0 Å². The first-order valence-corrected chi connectivity index (χ1v) is 8.27. The van der Waals surface area contributed by atoms with E-state index in [2.05, 4.69) is 4.98 Å². The smallest absolute Gasteiger partial charge is 0.194 e. The third kappa shape index (κ3) is 2.12. The van der Waals surface area contributed by atoms with Crippen molar-refractivity contribution in [1.29, 1.82) is 0 Å². The molecule has 2 aromatic heterocycles. The Morgan fingerprint density at radius 1 is 1.22 bits per heavy atom. The SMILES string of the molecule is CCOc1ccc(-c2nc3sccn3c2C=O)c2ccccc12. The molecule has 0 N–H and O–H groups in total. The second-order valence-electron chi connectivity index (χ2n) is 5.11. The highest BCUT2D eigenvalue weighted by molar-refractivity contribution is 7.15. The Labute approximate surface area is 137 Å². The molecule has 4 aromatic rings. The van der Waals surface area contributed by atoms with Crippen LogP contribution in [0.2, 0.25) is 0 Å². The minimum atomic E-state index is 0.579. The molecule has 0 aliphatic heterocycles. The summed E-state index contributed by atoms with van der Waals surface area (Å²) in [6, 6.07) is 12.0. The molecular formula is C18H14N2O2S. The maximum absolute atomic E-state index is 11.6. The predicted molar refractivity (Wildman–Crippen MR) is 92.6 cm³/mol. The van der Waals surface area contributed by atoms with E-state index in [0.29, 0.717) is 18.0 Å². The van der Waals surface area contributed by atoms with Gasteiger partial charge >= 0.3 is 0 Å². The highest BCUT2D eigenvalue weighted by Crippen LogP contribution is 2.36. The van der Waals surface area contributed by atoms with Crippen molar-refractivity contribution in [1.82, 2.24) is 9.38 Å². The first-order valence-electron chi connectivity index (χ1n) is 7.39. The van der Waals surface area contributed by atoms with Gasteiger partial charge in [-0.3, -0.25) is 9.20 Å². The number of benzene rings is 2. The summed E-state index contributed by atoms with van der Waals surface area (Å²) in [4.78, 5) is 17.1. The van der Waals surface area contributed by atoms with Crippen LogP contribution in [-0.2, 0) is 0 Å². The van der Waals surface area contributed by atoms with Gasteiger partial charge in [0.1, 0.15) is 17.1 Å². The van der Waals surface area contributed by atoms with Crippen LogP contribution in [0.4, 0.5) is 0 Å². The van der Waals surface area contributed by atoms with Gasteiger partial charge in [0.2, 0.25) is 0 Å². The van der Waals surface area contributed by atoms with Crippen molar-refractivity contribution in [2.24, 2.45) is 0 Å². The van der Waals surface area contributed by atoms with Crippen molar-refractivity contribution in [3.05, 3.63) is 53.7 Å². The quantitative estimate of drug-likeness (QED) is 0.522. The molecule has 0 aliphatic carbocycles. The standard InChI is InChI=1S/C18H14N2O2S/c1-2-22-16-8-7-14(12-5-3-4-6-13(12)16)17-15(11-21)20-9-10-23-18(20)19-17/h3-11H,2H2,1H3. The summed E-state index contributed by atoms with van der Waals surface area (Å²) < 4.78 is 7.55. The van der Waals surface area contributed by atoms with E-state index in [9.17, 15) is 4.79 Å². The normalized spacial score (nSPS) is 11.2. The zero-order chi connectivity index (χ0) is 15.8. The maximum Gasteiger partial charge on any atom is 0.194 e. The molecule has 0 saturated carbocycles. The number of aromatic nitrogens is 2. The molecule has 4 rings (SSSR count). The first-order chi connectivity index (χ1) is 11.3. The summed E-state index contributed by atoms with van der Waals surface area (Å²) in [5.41, 5.74) is 2.24. The molecule has 2 aromatic carbocycles. The fraction of sp³-hybridized carbons (Fsp3) is 0.111. The fourth-order valence-electron chi connectivity index (χ4n) is 2.87. The molecule has 114 valence electrons. The van der Waals surface area contributed by atoms with Crippen LogP contribution in [0.3, 0.4) is 0 Å². The van der Waals surface area contributed by atoms with Gasteiger partial charge in [0.15, 0.2) is 11.2 Å². The van der Waals surface area contributed by atoms with E-state index in [1.165, 1.54) is 11.3 Å². The van der Waals surface area contributed by atoms with Crippen LogP contribution in [-0.4, -0.2) is 22.3 Å². The molecule has 0 bridgehead atoms. The number of carbonyl (C=O) groups is 1. The van der Waals surface area contributed by atoms with E-state index < -0.39 is 0 Å². The van der Waals surface area contributed by atoms with Gasteiger partial charge in [-0.1, -0.05) is 24.3 Å². The number of thiazole rings is 1. The van der Waals surface area contributed by atoms with Crippen LogP contribution in [0, 0.1) is 0 Å². The van der Waals surface area contributed by atoms with Crippen molar-refractivity contribution in [3.8, 4) is 17.0 Å². The average Bonchev–Trinajstić information content (AvgIpc) is 3.16. The Bertz CT molecular complexity index is 1020. The van der Waals surface area contributed by atoms with Crippen LogP contribution in [0.25, 0.3) is 27.0 Å². The molecule has 0 fully saturated rings. The lowest BCUT2D eigenvalue weighted by molar-refractivity contribution is 0.111. The summed E-state index contributed by atoms with van der Waals surface area (Å²) in [6.07, 6.45) is 2.74. The minimum absolute atomic E-state index is 0.579. The third-order valence-corrected chi connectivity index (χ3v) is 4.61. The molecule has 0 unspecified atom stereocenters. The second-order valence-corrected chi connectivity index (χ2v) is 5.98. The van der Waals surface area contributed by atoms with Gasteiger partial charge in [0, 0.05) is 22.5 Å². The number of carbonyl (C=O) groups excluding carboxylic acids is 1. The second kappa shape index (κ2) is 5.52. The molecule has 2 heterocycles. The number of hydrogen-bond donors (Lipinski definition) is 0. The molecule has 0 radical (unpaired) electrons. The molecule has 5 heteroatoms. The van der Waals surface area contributed by atoms with E-state index >= 15 is 0 Å². The van der Waals surface area contributed by atoms with Crippen molar-refractivity contribution in [2.75, 3.05) is 6.61 Å². The van der Waals surface area contributed by atoms with E-state index in [4.69, 9.17) is 4.74 Å². The zero-order valence-corrected chi connectivity index (χ0v) is 13.3. The van der Waals surface area contributed by atoms with Gasteiger partial charge in [0.25, 0.3) is 0 Å². The number of aldehydes is 1. The Kier molecular flexibility index (Phi) is 3.35. The first kappa shape index (κ1) is 14.0. The minimum Gasteiger partial charge on any atom is -0.493 e. The van der Waals surface area contributed by atoms with Crippen LogP contribution >= 0.6 is 11.3 Å². The Morgan fingerprint density at radius 2 is 2.04 bits per heavy atom. The summed E-state index contributed by atoms with van der Waals surface area (Å²) in [7, 11) is 0. The lowest BCUT2D eigenvalue weighted by Gasteiger charge is -2.10. The van der Waals surface area contributed by atoms with Crippen molar-refractivity contribution < 1.29 is 9.53 Å². The molecule has 0 atom stereocenters. The number of hydrogen-bond acceptors (Lipinski definition) is 4. The molecule has 0 spiro atoms. The highest BCUT2D eigenvalue weighted by atomic mass is 32.1. The number of rotatable bonds is 4. The van der Waals surface area contributed by atoms with Crippen LogP contribution in [0.5, 0.6) is 5.75 Å². The topological polar surface area (TPSA) is 43.6 Å². The van der Waals surface area contributed by atoms with Crippen molar-refractivity contribution in [3.63, 3.8) is 0 Å². The van der Waals surface area contributed by atoms with Gasteiger partial charge in [-0.2, -0.15) is 0 Å². The molecule has 0 aliphatic rings. The van der Waals surface area contributed by atoms with Gasteiger partial charge < -0.3 is 4.74 Å². The maximum atomic E-state index is 11.6. The van der Waals surface area contributed by atoms with E-state index in [1.54, 1.807) is 0 Å². The third-order valence-electron chi connectivity index (χ3n) is 3.85. The molecular weight excluding hydrogens is 308 g/mol. The summed E-state index contributed by atoms with van der Waals surface area (Å²) in [5, 5.41) is 3.99. The summed E-state index contributed by atoms with van der Waals surface area (Å²) in [6.45, 7) is 2.58. The van der Waals surface area contributed by atoms with Crippen LogP contribution < -0.4 is 4.74 Å². The highest BCUT2D eigenvalue weighted by Gasteiger charge is 2.17. The van der Waals surface area contributed by atoms with Gasteiger partial charge in [-0.25, -0.2) is 4.98 Å². The van der Waals surface area contributed by atoms with Gasteiger partial charge in [-0.05, 0) is 24.4 Å². The van der Waals surface area contributed by atoms with Gasteiger partial charge in [0.05, 0.1) is 6.61 Å². The number of fused-ring (bicyclic) bond motifs is 2. The predicted octanol–water partition coefficient (Wildman–Crippen LogP) is 4.43.